The topological polar surface area (TPSA) is 29.1 Å². The fourth-order valence-electron chi connectivity index (χ4n) is 2.14. The molecule has 0 spiro atoms. The monoisotopic (exact) mass is 231 g/mol. The van der Waals surface area contributed by atoms with Gasteiger partial charge in [-0.3, -0.25) is 4.79 Å². The van der Waals surface area contributed by atoms with E-state index in [9.17, 15) is 4.79 Å². The Morgan fingerprint density at radius 1 is 1.29 bits per heavy atom. The van der Waals surface area contributed by atoms with Gasteiger partial charge < -0.3 is 5.32 Å². The van der Waals surface area contributed by atoms with Crippen LogP contribution >= 0.6 is 0 Å². The van der Waals surface area contributed by atoms with E-state index in [2.05, 4.69) is 39.1 Å². The van der Waals surface area contributed by atoms with E-state index in [1.165, 1.54) is 11.1 Å². The predicted octanol–water partition coefficient (Wildman–Crippen LogP) is 3.18. The molecule has 1 aromatic rings. The molecule has 0 aromatic heterocycles. The van der Waals surface area contributed by atoms with E-state index in [1.54, 1.807) is 0 Å². The summed E-state index contributed by atoms with van der Waals surface area (Å²) in [6.45, 7) is 8.66. The third-order valence-electron chi connectivity index (χ3n) is 3.21. The number of benzene rings is 1. The molecule has 0 atom stereocenters. The molecule has 0 heterocycles. The first-order valence-electron chi connectivity index (χ1n) is 6.30. The highest BCUT2D eigenvalue weighted by Gasteiger charge is 2.24. The second kappa shape index (κ2) is 4.17. The number of nitrogens with one attached hydrogen (secondary N) is 1. The quantitative estimate of drug-likeness (QED) is 0.832. The van der Waals surface area contributed by atoms with E-state index in [1.807, 2.05) is 12.1 Å². The van der Waals surface area contributed by atoms with Gasteiger partial charge in [0.15, 0.2) is 0 Å². The van der Waals surface area contributed by atoms with Crippen LogP contribution in [0.25, 0.3) is 0 Å². The van der Waals surface area contributed by atoms with Gasteiger partial charge in [-0.15, -0.1) is 0 Å². The molecule has 0 unspecified atom stereocenters. The van der Waals surface area contributed by atoms with Crippen molar-refractivity contribution in [3.8, 4) is 0 Å². The van der Waals surface area contributed by atoms with E-state index in [0.29, 0.717) is 6.04 Å². The Kier molecular flexibility index (Phi) is 2.98. The van der Waals surface area contributed by atoms with Gasteiger partial charge in [0.25, 0.3) is 5.91 Å². The van der Waals surface area contributed by atoms with Gasteiger partial charge in [0.05, 0.1) is 0 Å². The molecule has 1 saturated carbocycles. The minimum absolute atomic E-state index is 0.0658. The van der Waals surface area contributed by atoms with Gasteiger partial charge in [0, 0.05) is 11.6 Å². The van der Waals surface area contributed by atoms with Crippen molar-refractivity contribution in [2.75, 3.05) is 0 Å². The summed E-state index contributed by atoms with van der Waals surface area (Å²) in [4.78, 5) is 11.9. The molecule has 1 fully saturated rings. The van der Waals surface area contributed by atoms with Crippen LogP contribution < -0.4 is 5.32 Å². The van der Waals surface area contributed by atoms with Crippen LogP contribution in [0.1, 0.15) is 55.1 Å². The molecule has 2 heteroatoms. The smallest absolute Gasteiger partial charge is 0.251 e. The maximum absolute atomic E-state index is 11.9. The summed E-state index contributed by atoms with van der Waals surface area (Å²) in [7, 11) is 0. The van der Waals surface area contributed by atoms with Gasteiger partial charge in [-0.2, -0.15) is 0 Å². The Morgan fingerprint density at radius 2 is 1.94 bits per heavy atom. The normalized spacial score (nSPS) is 15.8. The fraction of sp³-hybridized carbons (Fsp3) is 0.533. The van der Waals surface area contributed by atoms with Crippen LogP contribution in [0.5, 0.6) is 0 Å². The molecule has 92 valence electrons. The Morgan fingerprint density at radius 3 is 2.41 bits per heavy atom. The van der Waals surface area contributed by atoms with Crippen molar-refractivity contribution in [2.24, 2.45) is 0 Å². The summed E-state index contributed by atoms with van der Waals surface area (Å²) in [5.74, 6) is 0.0658. The molecule has 1 aromatic carbocycles. The summed E-state index contributed by atoms with van der Waals surface area (Å²) in [6.07, 6.45) is 2.26. The lowest BCUT2D eigenvalue weighted by Gasteiger charge is -2.22. The summed E-state index contributed by atoms with van der Waals surface area (Å²) in [6, 6.07) is 6.44. The third kappa shape index (κ3) is 2.87. The highest BCUT2D eigenvalue weighted by Crippen LogP contribution is 2.26. The first-order valence-corrected chi connectivity index (χ1v) is 6.30. The van der Waals surface area contributed by atoms with Crippen LogP contribution in [-0.4, -0.2) is 11.9 Å². The van der Waals surface area contributed by atoms with Gasteiger partial charge in [-0.25, -0.2) is 0 Å². The van der Waals surface area contributed by atoms with Gasteiger partial charge >= 0.3 is 0 Å². The minimum atomic E-state index is 0.0658. The molecule has 1 aliphatic carbocycles. The van der Waals surface area contributed by atoms with E-state index >= 15 is 0 Å². The van der Waals surface area contributed by atoms with Crippen molar-refractivity contribution < 1.29 is 4.79 Å². The lowest BCUT2D eigenvalue weighted by molar-refractivity contribution is 0.0951. The predicted molar refractivity (Wildman–Crippen MR) is 70.4 cm³/mol. The zero-order valence-corrected chi connectivity index (χ0v) is 11.1. The van der Waals surface area contributed by atoms with E-state index < -0.39 is 0 Å². The summed E-state index contributed by atoms with van der Waals surface area (Å²) in [5.41, 5.74) is 3.42. The molecular weight excluding hydrogens is 210 g/mol. The zero-order valence-electron chi connectivity index (χ0n) is 11.1. The van der Waals surface area contributed by atoms with Gasteiger partial charge in [0.2, 0.25) is 0 Å². The molecule has 1 aliphatic rings. The average molecular weight is 231 g/mol. The van der Waals surface area contributed by atoms with Crippen LogP contribution in [-0.2, 0) is 5.41 Å². The molecule has 2 nitrogen and oxygen atoms in total. The molecule has 2 rings (SSSR count). The maximum atomic E-state index is 11.9. The molecule has 17 heavy (non-hydrogen) atoms. The fourth-order valence-corrected chi connectivity index (χ4v) is 2.14. The molecule has 1 N–H and O–H groups in total. The number of hydrogen-bond donors (Lipinski definition) is 1. The van der Waals surface area contributed by atoms with E-state index in [4.69, 9.17) is 0 Å². The highest BCUT2D eigenvalue weighted by molar-refractivity contribution is 5.94. The van der Waals surface area contributed by atoms with Crippen molar-refractivity contribution >= 4 is 5.91 Å². The van der Waals surface area contributed by atoms with Crippen molar-refractivity contribution in [2.45, 2.75) is 52.0 Å². The van der Waals surface area contributed by atoms with Crippen LogP contribution in [0.3, 0.4) is 0 Å². The van der Waals surface area contributed by atoms with E-state index in [-0.39, 0.29) is 11.3 Å². The maximum Gasteiger partial charge on any atom is 0.251 e. The first-order chi connectivity index (χ1) is 7.88. The van der Waals surface area contributed by atoms with Crippen LogP contribution in [0, 0.1) is 6.92 Å². The number of carbonyl (C=O) groups excluding carboxylic acids is 1. The lowest BCUT2D eigenvalue weighted by Crippen LogP contribution is -2.25. The number of carbonyl (C=O) groups is 1. The summed E-state index contributed by atoms with van der Waals surface area (Å²) >= 11 is 0. The average Bonchev–Trinajstić information content (AvgIpc) is 2.99. The third-order valence-corrected chi connectivity index (χ3v) is 3.21. The van der Waals surface area contributed by atoms with Crippen molar-refractivity contribution in [1.82, 2.24) is 5.32 Å². The molecule has 0 bridgehead atoms. The molecule has 1 amide bonds. The van der Waals surface area contributed by atoms with Gasteiger partial charge in [-0.1, -0.05) is 26.8 Å². The van der Waals surface area contributed by atoms with Crippen molar-refractivity contribution in [1.29, 1.82) is 0 Å². The summed E-state index contributed by atoms with van der Waals surface area (Å²) in [5, 5.41) is 3.02. The largest absolute Gasteiger partial charge is 0.349 e. The standard InChI is InChI=1S/C15H21NO/c1-10-9-11(14(17)16-12-6-7-12)5-8-13(10)15(2,3)4/h5,8-9,12H,6-7H2,1-4H3,(H,16,17). The number of amides is 1. The highest BCUT2D eigenvalue weighted by atomic mass is 16.1. The van der Waals surface area contributed by atoms with Crippen LogP contribution in [0.4, 0.5) is 0 Å². The second-order valence-electron chi connectivity index (χ2n) is 6.03. The Balaban J connectivity index is 2.20. The molecular formula is C15H21NO. The zero-order chi connectivity index (χ0) is 12.6. The first kappa shape index (κ1) is 12.2. The lowest BCUT2D eigenvalue weighted by atomic mass is 9.83. The molecule has 0 radical (unpaired) electrons. The number of aryl methyl sites for hydroxylation is 1. The van der Waals surface area contributed by atoms with Gasteiger partial charge in [-0.05, 0) is 48.4 Å². The SMILES string of the molecule is Cc1cc(C(=O)NC2CC2)ccc1C(C)(C)C. The molecule has 0 aliphatic heterocycles. The number of hydrogen-bond acceptors (Lipinski definition) is 1. The Hall–Kier alpha value is -1.31. The van der Waals surface area contributed by atoms with Crippen LogP contribution in [0.15, 0.2) is 18.2 Å². The Labute approximate surface area is 103 Å². The molecule has 0 saturated heterocycles. The second-order valence-corrected chi connectivity index (χ2v) is 6.03. The van der Waals surface area contributed by atoms with Crippen LogP contribution in [0.2, 0.25) is 0 Å². The minimum Gasteiger partial charge on any atom is -0.349 e. The number of rotatable bonds is 2. The van der Waals surface area contributed by atoms with Gasteiger partial charge in [0.1, 0.15) is 0 Å². The van der Waals surface area contributed by atoms with Crippen molar-refractivity contribution in [3.05, 3.63) is 34.9 Å². The van der Waals surface area contributed by atoms with E-state index in [0.717, 1.165) is 18.4 Å². The summed E-state index contributed by atoms with van der Waals surface area (Å²) < 4.78 is 0. The van der Waals surface area contributed by atoms with Crippen molar-refractivity contribution in [3.63, 3.8) is 0 Å². The Bertz CT molecular complexity index is 439.